The van der Waals surface area contributed by atoms with Crippen LogP contribution in [-0.2, 0) is 11.3 Å². The van der Waals surface area contributed by atoms with E-state index in [0.29, 0.717) is 12.2 Å². The molecule has 0 spiro atoms. The van der Waals surface area contributed by atoms with Gasteiger partial charge in [0.15, 0.2) is 0 Å². The number of rotatable bonds is 5. The van der Waals surface area contributed by atoms with E-state index in [1.807, 2.05) is 24.4 Å². The molecule has 2 aliphatic heterocycles. The Morgan fingerprint density at radius 1 is 0.867 bits per heavy atom. The Morgan fingerprint density at radius 3 is 2.17 bits per heavy atom. The van der Waals surface area contributed by atoms with Gasteiger partial charge in [-0.1, -0.05) is 18.9 Å². The molecule has 0 aromatic carbocycles. The maximum absolute atomic E-state index is 12.2. The first-order valence-corrected chi connectivity index (χ1v) is 10.8. The number of amides is 2. The van der Waals surface area contributed by atoms with Gasteiger partial charge in [0, 0.05) is 38.9 Å². The van der Waals surface area contributed by atoms with Gasteiger partial charge < -0.3 is 25.2 Å². The number of aromatic nitrogens is 2. The molecule has 0 bridgehead atoms. The lowest BCUT2D eigenvalue weighted by molar-refractivity contribution is 0.122. The highest BCUT2D eigenvalue weighted by molar-refractivity contribution is 5.89. The molecule has 30 heavy (non-hydrogen) atoms. The summed E-state index contributed by atoms with van der Waals surface area (Å²) in [6.45, 7) is 5.70. The minimum absolute atomic E-state index is 0.257. The third-order valence-corrected chi connectivity index (χ3v) is 5.53. The topological polar surface area (TPSA) is 82.6 Å². The molecule has 4 rings (SSSR count). The third-order valence-electron chi connectivity index (χ3n) is 5.53. The van der Waals surface area contributed by atoms with Crippen molar-refractivity contribution in [1.82, 2.24) is 15.3 Å². The molecule has 0 atom stereocenters. The molecule has 2 fully saturated rings. The van der Waals surface area contributed by atoms with Gasteiger partial charge in [0.1, 0.15) is 11.6 Å². The van der Waals surface area contributed by atoms with Crippen LogP contribution in [0, 0.1) is 0 Å². The van der Waals surface area contributed by atoms with E-state index in [1.165, 1.54) is 25.7 Å². The quantitative estimate of drug-likeness (QED) is 0.789. The van der Waals surface area contributed by atoms with Crippen molar-refractivity contribution in [2.75, 3.05) is 54.5 Å². The van der Waals surface area contributed by atoms with Gasteiger partial charge in [-0.2, -0.15) is 0 Å². The Hall–Kier alpha value is -2.87. The highest BCUT2D eigenvalue weighted by Gasteiger charge is 2.13. The van der Waals surface area contributed by atoms with Crippen LogP contribution in [0.15, 0.2) is 36.7 Å². The number of urea groups is 1. The van der Waals surface area contributed by atoms with Crippen molar-refractivity contribution in [3.8, 4) is 0 Å². The molecule has 2 saturated heterocycles. The monoisotopic (exact) mass is 410 g/mol. The second-order valence-electron chi connectivity index (χ2n) is 7.74. The van der Waals surface area contributed by atoms with Crippen molar-refractivity contribution in [1.29, 1.82) is 0 Å². The lowest BCUT2D eigenvalue weighted by atomic mass is 10.2. The zero-order valence-corrected chi connectivity index (χ0v) is 17.3. The van der Waals surface area contributed by atoms with E-state index in [1.54, 1.807) is 6.20 Å². The van der Waals surface area contributed by atoms with Crippen LogP contribution in [0.3, 0.4) is 0 Å². The third kappa shape index (κ3) is 5.60. The summed E-state index contributed by atoms with van der Waals surface area (Å²) in [5, 5.41) is 5.70. The van der Waals surface area contributed by atoms with E-state index in [9.17, 15) is 4.79 Å². The summed E-state index contributed by atoms with van der Waals surface area (Å²) in [6.07, 6.45) is 8.60. The summed E-state index contributed by atoms with van der Waals surface area (Å²) < 4.78 is 5.36. The molecule has 0 unspecified atom stereocenters. The Kier molecular flexibility index (Phi) is 6.97. The van der Waals surface area contributed by atoms with Crippen LogP contribution in [0.5, 0.6) is 0 Å². The van der Waals surface area contributed by atoms with E-state index < -0.39 is 0 Å². The Bertz CT molecular complexity index is 797. The van der Waals surface area contributed by atoms with Crippen LogP contribution in [-0.4, -0.2) is 55.4 Å². The number of pyridine rings is 2. The number of hydrogen-bond donors (Lipinski definition) is 2. The van der Waals surface area contributed by atoms with E-state index >= 15 is 0 Å². The number of ether oxygens (including phenoxy) is 1. The molecule has 0 saturated carbocycles. The molecule has 4 heterocycles. The first-order chi connectivity index (χ1) is 14.8. The Morgan fingerprint density at radius 2 is 1.53 bits per heavy atom. The number of anilines is 3. The number of carbonyl (C=O) groups excluding carboxylic acids is 1. The van der Waals surface area contributed by atoms with Gasteiger partial charge in [-0.15, -0.1) is 0 Å². The van der Waals surface area contributed by atoms with Crippen molar-refractivity contribution >= 4 is 23.4 Å². The fourth-order valence-corrected chi connectivity index (χ4v) is 3.81. The van der Waals surface area contributed by atoms with Crippen LogP contribution in [0.25, 0.3) is 0 Å². The Balaban J connectivity index is 1.24. The van der Waals surface area contributed by atoms with Gasteiger partial charge in [0.05, 0.1) is 25.1 Å². The van der Waals surface area contributed by atoms with Gasteiger partial charge in [0.2, 0.25) is 0 Å². The minimum atomic E-state index is -0.257. The molecule has 160 valence electrons. The van der Waals surface area contributed by atoms with Crippen LogP contribution < -0.4 is 20.4 Å². The molecule has 0 radical (unpaired) electrons. The number of nitrogens with one attached hydrogen (secondary N) is 2. The van der Waals surface area contributed by atoms with Crippen LogP contribution >= 0.6 is 0 Å². The molecule has 2 aromatic heterocycles. The number of morpholine rings is 1. The minimum Gasteiger partial charge on any atom is -0.378 e. The number of hydrogen-bond acceptors (Lipinski definition) is 6. The fraction of sp³-hybridized carbons (Fsp3) is 0.500. The van der Waals surface area contributed by atoms with E-state index in [-0.39, 0.29) is 6.03 Å². The summed E-state index contributed by atoms with van der Waals surface area (Å²) in [6, 6.07) is 7.62. The van der Waals surface area contributed by atoms with Crippen molar-refractivity contribution in [2.45, 2.75) is 32.2 Å². The van der Waals surface area contributed by atoms with Crippen molar-refractivity contribution in [3.63, 3.8) is 0 Å². The number of carbonyl (C=O) groups is 1. The SMILES string of the molecule is O=C(NCc1ccc(N2CCCCCC2)nc1)Nc1ccc(N2CCOCC2)nc1. The molecular formula is C22H30N6O2. The maximum atomic E-state index is 12.2. The second kappa shape index (κ2) is 10.2. The van der Waals surface area contributed by atoms with Crippen molar-refractivity contribution < 1.29 is 9.53 Å². The molecule has 2 amide bonds. The summed E-state index contributed by atoms with van der Waals surface area (Å²) >= 11 is 0. The van der Waals surface area contributed by atoms with Gasteiger partial charge in [-0.3, -0.25) is 0 Å². The van der Waals surface area contributed by atoms with Crippen LogP contribution in [0.2, 0.25) is 0 Å². The first-order valence-electron chi connectivity index (χ1n) is 10.8. The Labute approximate surface area is 177 Å². The molecule has 0 aliphatic carbocycles. The van der Waals surface area contributed by atoms with Gasteiger partial charge in [0.25, 0.3) is 0 Å². The van der Waals surface area contributed by atoms with Crippen molar-refractivity contribution in [3.05, 3.63) is 42.2 Å². The van der Waals surface area contributed by atoms with Gasteiger partial charge in [-0.05, 0) is 36.6 Å². The average molecular weight is 411 g/mol. The second-order valence-corrected chi connectivity index (χ2v) is 7.74. The van der Waals surface area contributed by atoms with Crippen molar-refractivity contribution in [2.24, 2.45) is 0 Å². The maximum Gasteiger partial charge on any atom is 0.319 e. The lowest BCUT2D eigenvalue weighted by Crippen LogP contribution is -2.36. The zero-order chi connectivity index (χ0) is 20.6. The summed E-state index contributed by atoms with van der Waals surface area (Å²) in [4.78, 5) is 25.8. The van der Waals surface area contributed by atoms with Crippen LogP contribution in [0.4, 0.5) is 22.1 Å². The highest BCUT2D eigenvalue weighted by atomic mass is 16.5. The molecule has 2 aromatic rings. The predicted octanol–water partition coefficient (Wildman–Crippen LogP) is 3.02. The van der Waals surface area contributed by atoms with Gasteiger partial charge >= 0.3 is 6.03 Å². The van der Waals surface area contributed by atoms with E-state index in [2.05, 4.69) is 36.5 Å². The summed E-state index contributed by atoms with van der Waals surface area (Å²) in [7, 11) is 0. The normalized spacial score (nSPS) is 17.3. The number of nitrogens with zero attached hydrogens (tertiary/aromatic N) is 4. The van der Waals surface area contributed by atoms with Gasteiger partial charge in [-0.25, -0.2) is 14.8 Å². The molecular weight excluding hydrogens is 380 g/mol. The largest absolute Gasteiger partial charge is 0.378 e. The van der Waals surface area contributed by atoms with E-state index in [0.717, 1.165) is 56.6 Å². The van der Waals surface area contributed by atoms with E-state index in [4.69, 9.17) is 4.74 Å². The fourth-order valence-electron chi connectivity index (χ4n) is 3.81. The first kappa shape index (κ1) is 20.4. The molecule has 8 nitrogen and oxygen atoms in total. The summed E-state index contributed by atoms with van der Waals surface area (Å²) in [5.74, 6) is 1.93. The lowest BCUT2D eigenvalue weighted by Gasteiger charge is -2.27. The summed E-state index contributed by atoms with van der Waals surface area (Å²) in [5.41, 5.74) is 1.64. The molecule has 2 aliphatic rings. The average Bonchev–Trinajstić information content (AvgIpc) is 3.09. The zero-order valence-electron chi connectivity index (χ0n) is 17.3. The smallest absolute Gasteiger partial charge is 0.319 e. The highest BCUT2D eigenvalue weighted by Crippen LogP contribution is 2.18. The predicted molar refractivity (Wildman–Crippen MR) is 118 cm³/mol. The molecule has 2 N–H and O–H groups in total. The molecule has 8 heteroatoms. The standard InChI is InChI=1S/C22H30N6O2/c29-22(26-19-6-8-21(24-17-19)28-11-13-30-14-12-28)25-16-18-5-7-20(23-15-18)27-9-3-1-2-4-10-27/h5-8,15,17H,1-4,9-14,16H2,(H2,25,26,29). The van der Waals surface area contributed by atoms with Crippen LogP contribution in [0.1, 0.15) is 31.2 Å².